The van der Waals surface area contributed by atoms with Gasteiger partial charge in [-0.25, -0.2) is 13.2 Å². The van der Waals surface area contributed by atoms with Crippen molar-refractivity contribution < 1.29 is 27.6 Å². The highest BCUT2D eigenvalue weighted by molar-refractivity contribution is 9.10. The summed E-state index contributed by atoms with van der Waals surface area (Å²) in [5, 5.41) is 2.68. The molecule has 1 atom stereocenters. The highest BCUT2D eigenvalue weighted by Gasteiger charge is 2.50. The Bertz CT molecular complexity index is 1360. The van der Waals surface area contributed by atoms with Crippen LogP contribution in [-0.2, 0) is 25.2 Å². The summed E-state index contributed by atoms with van der Waals surface area (Å²) in [6.07, 6.45) is 0. The minimum absolute atomic E-state index is 0.0145. The first-order chi connectivity index (χ1) is 16.9. The fourth-order valence-electron chi connectivity index (χ4n) is 4.33. The Labute approximate surface area is 217 Å². The van der Waals surface area contributed by atoms with Gasteiger partial charge in [0.25, 0.3) is 5.91 Å². The van der Waals surface area contributed by atoms with Gasteiger partial charge in [0, 0.05) is 41.8 Å². The van der Waals surface area contributed by atoms with E-state index in [0.717, 1.165) is 4.90 Å². The summed E-state index contributed by atoms with van der Waals surface area (Å²) < 4.78 is 28.0. The molecule has 2 aliphatic rings. The van der Waals surface area contributed by atoms with Gasteiger partial charge in [-0.3, -0.25) is 19.3 Å². The molecule has 0 aromatic heterocycles. The molecule has 0 unspecified atom stereocenters. The fraction of sp³-hybridized carbons (Fsp3) is 0.333. The summed E-state index contributed by atoms with van der Waals surface area (Å²) in [7, 11) is -3.85. The second-order valence-corrected chi connectivity index (χ2v) is 11.6. The van der Waals surface area contributed by atoms with Crippen molar-refractivity contribution in [3.63, 3.8) is 0 Å². The molecule has 0 bridgehead atoms. The van der Waals surface area contributed by atoms with E-state index in [2.05, 4.69) is 21.2 Å². The van der Waals surface area contributed by atoms with Crippen molar-refractivity contribution in [1.82, 2.24) is 19.4 Å². The smallest absolute Gasteiger partial charge is 0.325 e. The average molecular weight is 577 g/mol. The molecule has 2 aromatic rings. The molecule has 2 aromatic carbocycles. The van der Waals surface area contributed by atoms with Crippen LogP contribution >= 0.6 is 15.9 Å². The zero-order valence-electron chi connectivity index (χ0n) is 19.7. The molecular formula is C24H25BrN4O6S. The predicted molar refractivity (Wildman–Crippen MR) is 134 cm³/mol. The van der Waals surface area contributed by atoms with Crippen LogP contribution in [0.15, 0.2) is 57.9 Å². The molecule has 0 radical (unpaired) electrons. The van der Waals surface area contributed by atoms with Crippen LogP contribution in [0.5, 0.6) is 0 Å². The molecule has 0 aliphatic carbocycles. The molecule has 2 fully saturated rings. The van der Waals surface area contributed by atoms with Gasteiger partial charge in [0.1, 0.15) is 12.1 Å². The monoisotopic (exact) mass is 576 g/mol. The van der Waals surface area contributed by atoms with Gasteiger partial charge in [-0.15, -0.1) is 0 Å². The van der Waals surface area contributed by atoms with E-state index >= 15 is 0 Å². The van der Waals surface area contributed by atoms with Crippen LogP contribution in [0.1, 0.15) is 29.8 Å². The van der Waals surface area contributed by atoms with Crippen LogP contribution in [0.2, 0.25) is 0 Å². The van der Waals surface area contributed by atoms with Crippen molar-refractivity contribution in [1.29, 1.82) is 0 Å². The Morgan fingerprint density at radius 1 is 1.03 bits per heavy atom. The number of halogens is 1. The summed E-state index contributed by atoms with van der Waals surface area (Å²) in [4.78, 5) is 52.7. The van der Waals surface area contributed by atoms with Crippen molar-refractivity contribution >= 4 is 49.6 Å². The van der Waals surface area contributed by atoms with Gasteiger partial charge in [-0.2, -0.15) is 4.31 Å². The van der Waals surface area contributed by atoms with Gasteiger partial charge in [0.05, 0.1) is 4.90 Å². The molecule has 36 heavy (non-hydrogen) atoms. The third kappa shape index (κ3) is 4.67. The summed E-state index contributed by atoms with van der Waals surface area (Å²) >= 11 is 3.40. The first-order valence-electron chi connectivity index (χ1n) is 11.2. The number of hydrogen-bond acceptors (Lipinski definition) is 6. The van der Waals surface area contributed by atoms with Crippen LogP contribution in [0.25, 0.3) is 0 Å². The number of imide groups is 1. The maximum absolute atomic E-state index is 13.2. The molecule has 1 N–H and O–H groups in total. The van der Waals surface area contributed by atoms with Gasteiger partial charge in [0.2, 0.25) is 15.9 Å². The second-order valence-electron chi connectivity index (χ2n) is 8.80. The Morgan fingerprint density at radius 3 is 2.33 bits per heavy atom. The Hall–Kier alpha value is -3.09. The highest BCUT2D eigenvalue weighted by Crippen LogP contribution is 2.33. The van der Waals surface area contributed by atoms with Gasteiger partial charge >= 0.3 is 6.03 Å². The number of carbonyl (C=O) groups is 4. The summed E-state index contributed by atoms with van der Waals surface area (Å²) in [5.74, 6) is -1.23. The summed E-state index contributed by atoms with van der Waals surface area (Å²) in [5.41, 5.74) is -0.447. The van der Waals surface area contributed by atoms with Crippen LogP contribution in [0.4, 0.5) is 4.79 Å². The van der Waals surface area contributed by atoms with E-state index in [4.69, 9.17) is 0 Å². The number of Topliss-reactive ketones (excluding diaryl/α,β-unsaturated/α-hetero) is 1. The van der Waals surface area contributed by atoms with Crippen molar-refractivity contribution in [2.45, 2.75) is 24.3 Å². The zero-order valence-corrected chi connectivity index (χ0v) is 22.1. The lowest BCUT2D eigenvalue weighted by molar-refractivity contribution is -0.139. The van der Waals surface area contributed by atoms with E-state index in [1.165, 1.54) is 34.3 Å². The molecule has 2 heterocycles. The molecule has 2 aliphatic heterocycles. The number of rotatable bonds is 6. The predicted octanol–water partition coefficient (Wildman–Crippen LogP) is 1.95. The molecule has 4 rings (SSSR count). The lowest BCUT2D eigenvalue weighted by Gasteiger charge is -2.34. The van der Waals surface area contributed by atoms with Crippen LogP contribution in [0.3, 0.4) is 0 Å². The van der Waals surface area contributed by atoms with E-state index in [0.29, 0.717) is 15.6 Å². The average Bonchev–Trinajstić information content (AvgIpc) is 3.07. The van der Waals surface area contributed by atoms with E-state index in [-0.39, 0.29) is 36.9 Å². The van der Waals surface area contributed by atoms with Crippen LogP contribution in [-0.4, -0.2) is 78.9 Å². The number of benzene rings is 2. The molecule has 4 amide bonds. The van der Waals surface area contributed by atoms with Gasteiger partial charge in [-0.1, -0.05) is 46.3 Å². The fourth-order valence-corrected chi connectivity index (χ4v) is 6.48. The molecule has 2 saturated heterocycles. The number of carbonyl (C=O) groups excluding carboxylic acids is 4. The number of nitrogens with zero attached hydrogens (tertiary/aromatic N) is 3. The number of piperazine rings is 1. The standard InChI is InChI=1S/C24H25BrN4O6S/c1-16(30)17-6-5-7-18(14-17)36(34,35)28-12-10-27(11-13-28)21(31)15-29-22(32)24(2,26-23(29)33)19-8-3-4-9-20(19)25/h3-9,14H,10-13,15H2,1-2H3,(H,26,33)/t24-/m1/s1. The first kappa shape index (κ1) is 26.0. The summed E-state index contributed by atoms with van der Waals surface area (Å²) in [6.45, 7) is 2.81. The largest absolute Gasteiger partial charge is 0.338 e. The number of nitrogens with one attached hydrogen (secondary N) is 1. The van der Waals surface area contributed by atoms with Crippen LogP contribution < -0.4 is 5.32 Å². The van der Waals surface area contributed by atoms with E-state index < -0.39 is 40.0 Å². The molecule has 0 spiro atoms. The van der Waals surface area contributed by atoms with Gasteiger partial charge < -0.3 is 10.2 Å². The van der Waals surface area contributed by atoms with Crippen LogP contribution in [0, 0.1) is 0 Å². The normalized spacial score (nSPS) is 21.0. The minimum atomic E-state index is -3.85. The van der Waals surface area contributed by atoms with Crippen molar-refractivity contribution in [3.05, 3.63) is 64.1 Å². The molecular weight excluding hydrogens is 552 g/mol. The zero-order chi connectivity index (χ0) is 26.3. The molecule has 0 saturated carbocycles. The van der Waals surface area contributed by atoms with Gasteiger partial charge in [-0.05, 0) is 32.0 Å². The lowest BCUT2D eigenvalue weighted by Crippen LogP contribution is -2.53. The highest BCUT2D eigenvalue weighted by atomic mass is 79.9. The first-order valence-corrected chi connectivity index (χ1v) is 13.5. The molecule has 10 nitrogen and oxygen atoms in total. The minimum Gasteiger partial charge on any atom is -0.338 e. The maximum Gasteiger partial charge on any atom is 0.325 e. The lowest BCUT2D eigenvalue weighted by atomic mass is 9.92. The Morgan fingerprint density at radius 2 is 1.69 bits per heavy atom. The van der Waals surface area contributed by atoms with Crippen molar-refractivity contribution in [2.24, 2.45) is 0 Å². The number of urea groups is 1. The molecule has 12 heteroatoms. The summed E-state index contributed by atoms with van der Waals surface area (Å²) in [6, 6.07) is 12.2. The van der Waals surface area contributed by atoms with Crippen molar-refractivity contribution in [2.75, 3.05) is 32.7 Å². The Balaban J connectivity index is 1.41. The number of ketones is 1. The topological polar surface area (TPSA) is 124 Å². The molecule has 190 valence electrons. The Kier molecular flexibility index (Phi) is 7.04. The van der Waals surface area contributed by atoms with Crippen molar-refractivity contribution in [3.8, 4) is 0 Å². The second kappa shape index (κ2) is 9.75. The maximum atomic E-state index is 13.2. The SMILES string of the molecule is CC(=O)c1cccc(S(=O)(=O)N2CCN(C(=O)CN3C(=O)N[C@](C)(c4ccccc4Br)C3=O)CC2)c1. The third-order valence-electron chi connectivity index (χ3n) is 6.45. The quantitative estimate of drug-likeness (QED) is 0.414. The number of hydrogen-bond donors (Lipinski definition) is 1. The van der Waals surface area contributed by atoms with E-state index in [1.54, 1.807) is 37.3 Å². The van der Waals surface area contributed by atoms with E-state index in [1.807, 2.05) is 0 Å². The van der Waals surface area contributed by atoms with E-state index in [9.17, 15) is 27.6 Å². The van der Waals surface area contributed by atoms with Gasteiger partial charge in [0.15, 0.2) is 5.78 Å². The number of sulfonamides is 1. The number of amides is 4. The third-order valence-corrected chi connectivity index (χ3v) is 9.04.